The molecule has 2 rings (SSSR count). The second-order valence-corrected chi connectivity index (χ2v) is 5.24. The minimum Gasteiger partial charge on any atom is -0.492 e. The summed E-state index contributed by atoms with van der Waals surface area (Å²) in [6.45, 7) is 4.44. The van der Waals surface area contributed by atoms with Crippen molar-refractivity contribution in [3.05, 3.63) is 51.4 Å². The van der Waals surface area contributed by atoms with Crippen molar-refractivity contribution in [1.82, 2.24) is 5.32 Å². The third-order valence-corrected chi connectivity index (χ3v) is 3.74. The lowest BCUT2D eigenvalue weighted by Crippen LogP contribution is -2.18. The lowest BCUT2D eigenvalue weighted by molar-refractivity contribution is 0.340. The molecule has 0 amide bonds. The molecule has 2 aromatic rings. The Hall–Kier alpha value is -1.16. The average Bonchev–Trinajstić information content (AvgIpc) is 2.83. The van der Waals surface area contributed by atoms with Gasteiger partial charge in [0.2, 0.25) is 0 Å². The normalized spacial score (nSPS) is 12.4. The predicted octanol–water partition coefficient (Wildman–Crippen LogP) is 4.60. The highest BCUT2D eigenvalue weighted by atomic mass is 35.5. The zero-order valence-electron chi connectivity index (χ0n) is 11.7. The SMILES string of the molecule is CCOc1cc(Cl)c(C(NC)c2occc2C)cc1Cl. The maximum Gasteiger partial charge on any atom is 0.139 e. The van der Waals surface area contributed by atoms with Crippen LogP contribution in [0.3, 0.4) is 0 Å². The van der Waals surface area contributed by atoms with Crippen LogP contribution in [0.5, 0.6) is 5.75 Å². The van der Waals surface area contributed by atoms with E-state index >= 15 is 0 Å². The number of nitrogens with one attached hydrogen (secondary N) is 1. The summed E-state index contributed by atoms with van der Waals surface area (Å²) in [6, 6.07) is 5.33. The summed E-state index contributed by atoms with van der Waals surface area (Å²) in [5.41, 5.74) is 1.92. The Morgan fingerprint density at radius 3 is 2.60 bits per heavy atom. The molecule has 0 saturated heterocycles. The number of furan rings is 1. The van der Waals surface area contributed by atoms with Crippen LogP contribution in [0, 0.1) is 6.92 Å². The second-order valence-electron chi connectivity index (χ2n) is 4.43. The molecular weight excluding hydrogens is 297 g/mol. The molecule has 1 N–H and O–H groups in total. The topological polar surface area (TPSA) is 34.4 Å². The fraction of sp³-hybridized carbons (Fsp3) is 0.333. The molecule has 0 aliphatic rings. The quantitative estimate of drug-likeness (QED) is 0.875. The van der Waals surface area contributed by atoms with E-state index in [4.69, 9.17) is 32.4 Å². The summed E-state index contributed by atoms with van der Waals surface area (Å²) in [5.74, 6) is 1.42. The average molecular weight is 314 g/mol. The number of halogens is 2. The lowest BCUT2D eigenvalue weighted by Gasteiger charge is -2.18. The van der Waals surface area contributed by atoms with Gasteiger partial charge in [-0.25, -0.2) is 0 Å². The monoisotopic (exact) mass is 313 g/mol. The van der Waals surface area contributed by atoms with Crippen LogP contribution in [0.1, 0.15) is 29.9 Å². The molecule has 0 aliphatic carbocycles. The van der Waals surface area contributed by atoms with E-state index in [1.807, 2.05) is 33.0 Å². The summed E-state index contributed by atoms with van der Waals surface area (Å²) in [5, 5.41) is 4.33. The van der Waals surface area contributed by atoms with Gasteiger partial charge >= 0.3 is 0 Å². The summed E-state index contributed by atoms with van der Waals surface area (Å²) >= 11 is 12.6. The number of benzene rings is 1. The molecule has 0 fully saturated rings. The largest absolute Gasteiger partial charge is 0.492 e. The van der Waals surface area contributed by atoms with Gasteiger partial charge in [-0.05, 0) is 44.2 Å². The molecule has 0 spiro atoms. The van der Waals surface area contributed by atoms with Gasteiger partial charge < -0.3 is 14.5 Å². The van der Waals surface area contributed by atoms with E-state index < -0.39 is 0 Å². The molecule has 1 aromatic carbocycles. The van der Waals surface area contributed by atoms with Crippen LogP contribution in [-0.4, -0.2) is 13.7 Å². The molecule has 5 heteroatoms. The molecular formula is C15H17Cl2NO2. The fourth-order valence-electron chi connectivity index (χ4n) is 2.14. The Bertz CT molecular complexity index is 596. The van der Waals surface area contributed by atoms with Gasteiger partial charge in [0.15, 0.2) is 0 Å². The maximum atomic E-state index is 6.36. The first-order valence-electron chi connectivity index (χ1n) is 6.41. The van der Waals surface area contributed by atoms with Crippen molar-refractivity contribution in [2.75, 3.05) is 13.7 Å². The van der Waals surface area contributed by atoms with Gasteiger partial charge in [0.1, 0.15) is 11.5 Å². The molecule has 1 aromatic heterocycles. The highest BCUT2D eigenvalue weighted by Crippen LogP contribution is 2.37. The molecule has 1 atom stereocenters. The third kappa shape index (κ3) is 2.95. The zero-order chi connectivity index (χ0) is 14.7. The Kier molecular flexibility index (Phi) is 4.97. The van der Waals surface area contributed by atoms with Crippen molar-refractivity contribution >= 4 is 23.2 Å². The van der Waals surface area contributed by atoms with Crippen LogP contribution < -0.4 is 10.1 Å². The lowest BCUT2D eigenvalue weighted by atomic mass is 10.0. The number of aryl methyl sites for hydroxylation is 1. The first kappa shape index (κ1) is 15.2. The predicted molar refractivity (Wildman–Crippen MR) is 82.0 cm³/mol. The van der Waals surface area contributed by atoms with E-state index in [0.717, 1.165) is 16.9 Å². The number of hydrogen-bond donors (Lipinski definition) is 1. The van der Waals surface area contributed by atoms with Crippen molar-refractivity contribution in [3.8, 4) is 5.75 Å². The Balaban J connectivity index is 2.45. The third-order valence-electron chi connectivity index (χ3n) is 3.11. The summed E-state index contributed by atoms with van der Waals surface area (Å²) in [6.07, 6.45) is 1.67. The summed E-state index contributed by atoms with van der Waals surface area (Å²) in [4.78, 5) is 0. The first-order chi connectivity index (χ1) is 9.58. The Labute approximate surface area is 128 Å². The van der Waals surface area contributed by atoms with Crippen molar-refractivity contribution in [1.29, 1.82) is 0 Å². The first-order valence-corrected chi connectivity index (χ1v) is 7.17. The van der Waals surface area contributed by atoms with Gasteiger partial charge in [-0.15, -0.1) is 0 Å². The van der Waals surface area contributed by atoms with Gasteiger partial charge in [0.05, 0.1) is 23.9 Å². The number of hydrogen-bond acceptors (Lipinski definition) is 3. The molecule has 108 valence electrons. The van der Waals surface area contributed by atoms with Crippen LogP contribution in [0.4, 0.5) is 0 Å². The van der Waals surface area contributed by atoms with Crippen LogP contribution in [0.15, 0.2) is 28.9 Å². The van der Waals surface area contributed by atoms with Crippen LogP contribution in [0.25, 0.3) is 0 Å². The standard InChI is InChI=1S/C15H17Cl2NO2/c1-4-19-13-8-11(16)10(7-12(13)17)14(18-3)15-9(2)5-6-20-15/h5-8,14,18H,4H2,1-3H3. The van der Waals surface area contributed by atoms with Crippen LogP contribution in [0.2, 0.25) is 10.0 Å². The maximum absolute atomic E-state index is 6.36. The van der Waals surface area contributed by atoms with Crippen LogP contribution in [-0.2, 0) is 0 Å². The summed E-state index contributed by atoms with van der Waals surface area (Å²) < 4.78 is 11.0. The molecule has 20 heavy (non-hydrogen) atoms. The van der Waals surface area contributed by atoms with Gasteiger partial charge in [0, 0.05) is 11.1 Å². The van der Waals surface area contributed by atoms with Crippen LogP contribution >= 0.6 is 23.2 Å². The van der Waals surface area contributed by atoms with Gasteiger partial charge in [-0.2, -0.15) is 0 Å². The van der Waals surface area contributed by atoms with E-state index in [1.54, 1.807) is 12.3 Å². The van der Waals surface area contributed by atoms with Crippen molar-refractivity contribution in [2.24, 2.45) is 0 Å². The Morgan fingerprint density at radius 2 is 2.05 bits per heavy atom. The number of ether oxygens (including phenoxy) is 1. The minimum absolute atomic E-state index is 0.148. The Morgan fingerprint density at radius 1 is 1.30 bits per heavy atom. The molecule has 3 nitrogen and oxygen atoms in total. The molecule has 0 bridgehead atoms. The van der Waals surface area contributed by atoms with E-state index in [1.165, 1.54) is 0 Å². The minimum atomic E-state index is -0.148. The van der Waals surface area contributed by atoms with Crippen molar-refractivity contribution < 1.29 is 9.15 Å². The molecule has 1 heterocycles. The van der Waals surface area contributed by atoms with Gasteiger partial charge in [0.25, 0.3) is 0 Å². The van der Waals surface area contributed by atoms with Crippen molar-refractivity contribution in [2.45, 2.75) is 19.9 Å². The molecule has 1 unspecified atom stereocenters. The summed E-state index contributed by atoms with van der Waals surface area (Å²) in [7, 11) is 1.85. The molecule has 0 radical (unpaired) electrons. The fourth-order valence-corrected chi connectivity index (χ4v) is 2.63. The van der Waals surface area contributed by atoms with Crippen molar-refractivity contribution in [3.63, 3.8) is 0 Å². The molecule has 0 aliphatic heterocycles. The molecule has 0 saturated carbocycles. The second kappa shape index (κ2) is 6.53. The van der Waals surface area contributed by atoms with Gasteiger partial charge in [-0.3, -0.25) is 0 Å². The number of rotatable bonds is 5. The van der Waals surface area contributed by atoms with E-state index in [2.05, 4.69) is 5.32 Å². The van der Waals surface area contributed by atoms with E-state index in [-0.39, 0.29) is 6.04 Å². The highest BCUT2D eigenvalue weighted by Gasteiger charge is 2.21. The van der Waals surface area contributed by atoms with Gasteiger partial charge in [-0.1, -0.05) is 23.2 Å². The zero-order valence-corrected chi connectivity index (χ0v) is 13.2. The van der Waals surface area contributed by atoms with E-state index in [0.29, 0.717) is 22.4 Å². The smallest absolute Gasteiger partial charge is 0.139 e. The highest BCUT2D eigenvalue weighted by molar-refractivity contribution is 6.34. The van der Waals surface area contributed by atoms with E-state index in [9.17, 15) is 0 Å².